The summed E-state index contributed by atoms with van der Waals surface area (Å²) in [6.07, 6.45) is 10.0. The molecule has 2 heterocycles. The van der Waals surface area contributed by atoms with Gasteiger partial charge in [0.1, 0.15) is 0 Å². The van der Waals surface area contributed by atoms with E-state index in [-0.39, 0.29) is 11.6 Å². The highest BCUT2D eigenvalue weighted by molar-refractivity contribution is 5.87. The van der Waals surface area contributed by atoms with E-state index in [1.807, 2.05) is 47.5 Å². The second-order valence-electron chi connectivity index (χ2n) is 8.03. The van der Waals surface area contributed by atoms with Gasteiger partial charge in [-0.15, -0.1) is 0 Å². The number of rotatable bonds is 6. The van der Waals surface area contributed by atoms with Crippen molar-refractivity contribution in [1.82, 2.24) is 14.9 Å². The van der Waals surface area contributed by atoms with Crippen LogP contribution in [0.1, 0.15) is 53.2 Å². The number of carbonyl (C=O) groups is 1. The Labute approximate surface area is 180 Å². The molecule has 0 bridgehead atoms. The molecule has 1 atom stereocenters. The molecule has 0 aliphatic heterocycles. The first-order chi connectivity index (χ1) is 15.2. The van der Waals surface area contributed by atoms with Gasteiger partial charge in [-0.2, -0.15) is 9.89 Å². The van der Waals surface area contributed by atoms with Gasteiger partial charge >= 0.3 is 5.97 Å². The smallest absolute Gasteiger partial charge is 0.335 e. The first-order valence-electron chi connectivity index (χ1n) is 10.7. The summed E-state index contributed by atoms with van der Waals surface area (Å²) < 4.78 is 0. The molecule has 2 aromatic carbocycles. The Morgan fingerprint density at radius 2 is 1.81 bits per heavy atom. The average Bonchev–Trinajstić information content (AvgIpc) is 3.48. The minimum atomic E-state index is -0.927. The molecule has 5 rings (SSSR count). The number of fused-ring (bicyclic) bond motifs is 1. The van der Waals surface area contributed by atoms with Gasteiger partial charge in [-0.05, 0) is 48.2 Å². The van der Waals surface area contributed by atoms with Crippen molar-refractivity contribution in [1.29, 1.82) is 0 Å². The molecule has 1 saturated carbocycles. The summed E-state index contributed by atoms with van der Waals surface area (Å²) in [5.41, 5.74) is 3.25. The van der Waals surface area contributed by atoms with Gasteiger partial charge in [-0.3, -0.25) is 9.99 Å². The van der Waals surface area contributed by atoms with Crippen LogP contribution < -0.4 is 5.01 Å². The number of pyridine rings is 1. The zero-order valence-corrected chi connectivity index (χ0v) is 17.1. The van der Waals surface area contributed by atoms with E-state index in [2.05, 4.69) is 28.2 Å². The molecule has 0 saturated heterocycles. The van der Waals surface area contributed by atoms with Crippen molar-refractivity contribution in [2.45, 2.75) is 37.8 Å². The second kappa shape index (κ2) is 8.22. The van der Waals surface area contributed by atoms with Gasteiger partial charge in [0.25, 0.3) is 0 Å². The lowest BCUT2D eigenvalue weighted by molar-refractivity contribution is 0.0696. The highest BCUT2D eigenvalue weighted by Gasteiger charge is 2.33. The van der Waals surface area contributed by atoms with Crippen LogP contribution in [-0.4, -0.2) is 32.0 Å². The summed E-state index contributed by atoms with van der Waals surface area (Å²) in [5, 5.41) is 17.8. The summed E-state index contributed by atoms with van der Waals surface area (Å²) >= 11 is 0. The molecule has 0 radical (unpaired) electrons. The van der Waals surface area contributed by atoms with E-state index >= 15 is 0 Å². The highest BCUT2D eigenvalue weighted by atomic mass is 16.4. The van der Waals surface area contributed by atoms with Crippen molar-refractivity contribution in [2.75, 3.05) is 5.01 Å². The molecule has 0 spiro atoms. The van der Waals surface area contributed by atoms with E-state index in [0.717, 1.165) is 34.9 Å². The first-order valence-corrected chi connectivity index (χ1v) is 10.7. The van der Waals surface area contributed by atoms with Crippen LogP contribution in [0.3, 0.4) is 0 Å². The summed E-state index contributed by atoms with van der Waals surface area (Å²) in [6.45, 7) is 0. The van der Waals surface area contributed by atoms with Crippen molar-refractivity contribution in [3.05, 3.63) is 95.9 Å². The molecule has 2 aromatic heterocycles. The van der Waals surface area contributed by atoms with Crippen molar-refractivity contribution < 1.29 is 9.90 Å². The summed E-state index contributed by atoms with van der Waals surface area (Å²) in [4.78, 5) is 18.1. The summed E-state index contributed by atoms with van der Waals surface area (Å²) in [5.74, 6) is -0.927. The SMILES string of the molecule is O=C(O)c1cccc(C(c2cccnc2)N(C2CCCC2)n2ncc3ccccc32)c1. The zero-order valence-electron chi connectivity index (χ0n) is 17.1. The van der Waals surface area contributed by atoms with Gasteiger partial charge in [-0.25, -0.2) is 4.79 Å². The molecule has 0 amide bonds. The summed E-state index contributed by atoms with van der Waals surface area (Å²) in [6, 6.07) is 19.5. The average molecular weight is 412 g/mol. The Bertz CT molecular complexity index is 1200. The molecular formula is C25H24N4O2. The molecule has 4 aromatic rings. The zero-order chi connectivity index (χ0) is 21.2. The van der Waals surface area contributed by atoms with E-state index in [4.69, 9.17) is 5.10 Å². The standard InChI is InChI=1S/C25H24N4O2/c30-25(31)19-9-5-8-18(15-19)24(21-10-6-14-26-16-21)28(22-11-2-3-12-22)29-23-13-4-1-7-20(23)17-27-29/h1,4-10,13-17,22,24H,2-3,11-12H2,(H,30,31). The largest absolute Gasteiger partial charge is 0.478 e. The number of carboxylic acid groups (broad SMARTS) is 1. The Hall–Kier alpha value is -3.67. The van der Waals surface area contributed by atoms with Crippen molar-refractivity contribution >= 4 is 16.9 Å². The normalized spacial score (nSPS) is 15.2. The van der Waals surface area contributed by atoms with E-state index in [0.29, 0.717) is 6.04 Å². The number of hydrogen-bond donors (Lipinski definition) is 1. The number of aromatic nitrogens is 3. The van der Waals surface area contributed by atoms with Crippen LogP contribution >= 0.6 is 0 Å². The third kappa shape index (κ3) is 3.65. The lowest BCUT2D eigenvalue weighted by atomic mass is 9.96. The Morgan fingerprint density at radius 3 is 2.58 bits per heavy atom. The molecule has 1 aliphatic rings. The van der Waals surface area contributed by atoms with Crippen LogP contribution in [0, 0.1) is 0 Å². The van der Waals surface area contributed by atoms with Crippen molar-refractivity contribution in [3.63, 3.8) is 0 Å². The van der Waals surface area contributed by atoms with Crippen LogP contribution in [-0.2, 0) is 0 Å². The Balaban J connectivity index is 1.73. The van der Waals surface area contributed by atoms with Gasteiger partial charge in [0.15, 0.2) is 0 Å². The van der Waals surface area contributed by atoms with Crippen molar-refractivity contribution in [2.24, 2.45) is 0 Å². The summed E-state index contributed by atoms with van der Waals surface area (Å²) in [7, 11) is 0. The number of hydrogen-bond acceptors (Lipinski definition) is 4. The van der Waals surface area contributed by atoms with Gasteiger partial charge in [-0.1, -0.05) is 49.2 Å². The fraction of sp³-hybridized carbons (Fsp3) is 0.240. The minimum Gasteiger partial charge on any atom is -0.478 e. The Kier molecular flexibility index (Phi) is 5.12. The number of benzene rings is 2. The third-order valence-electron chi connectivity index (χ3n) is 6.09. The number of para-hydroxylation sites is 1. The monoisotopic (exact) mass is 412 g/mol. The number of nitrogens with zero attached hydrogens (tertiary/aromatic N) is 4. The first kappa shape index (κ1) is 19.3. The van der Waals surface area contributed by atoms with Gasteiger partial charge in [0, 0.05) is 23.8 Å². The topological polar surface area (TPSA) is 71.2 Å². The van der Waals surface area contributed by atoms with Crippen molar-refractivity contribution in [3.8, 4) is 0 Å². The lowest BCUT2D eigenvalue weighted by Gasteiger charge is -2.39. The quantitative estimate of drug-likeness (QED) is 0.493. The molecule has 1 aliphatic carbocycles. The van der Waals surface area contributed by atoms with Gasteiger partial charge in [0.05, 0.1) is 23.3 Å². The van der Waals surface area contributed by atoms with E-state index in [9.17, 15) is 9.90 Å². The van der Waals surface area contributed by atoms with Crippen LogP contribution in [0.4, 0.5) is 0 Å². The maximum atomic E-state index is 11.7. The fourth-order valence-corrected chi connectivity index (χ4v) is 4.66. The fourth-order valence-electron chi connectivity index (χ4n) is 4.66. The molecule has 1 N–H and O–H groups in total. The van der Waals surface area contributed by atoms with E-state index in [1.54, 1.807) is 18.3 Å². The molecule has 6 nitrogen and oxygen atoms in total. The van der Waals surface area contributed by atoms with Crippen LogP contribution in [0.15, 0.2) is 79.3 Å². The highest BCUT2D eigenvalue weighted by Crippen LogP contribution is 2.35. The minimum absolute atomic E-state index is 0.209. The third-order valence-corrected chi connectivity index (χ3v) is 6.09. The maximum absolute atomic E-state index is 11.7. The number of carboxylic acids is 1. The van der Waals surface area contributed by atoms with Crippen LogP contribution in [0.25, 0.3) is 10.9 Å². The Morgan fingerprint density at radius 1 is 1.00 bits per heavy atom. The van der Waals surface area contributed by atoms with Gasteiger partial charge in [0.2, 0.25) is 0 Å². The maximum Gasteiger partial charge on any atom is 0.335 e. The van der Waals surface area contributed by atoms with Crippen LogP contribution in [0.2, 0.25) is 0 Å². The van der Waals surface area contributed by atoms with E-state index < -0.39 is 5.97 Å². The molecule has 1 unspecified atom stereocenters. The molecule has 1 fully saturated rings. The van der Waals surface area contributed by atoms with Gasteiger partial charge < -0.3 is 5.11 Å². The predicted molar refractivity (Wildman–Crippen MR) is 120 cm³/mol. The van der Waals surface area contributed by atoms with E-state index in [1.165, 1.54) is 12.8 Å². The molecule has 31 heavy (non-hydrogen) atoms. The lowest BCUT2D eigenvalue weighted by Crippen LogP contribution is -2.46. The predicted octanol–water partition coefficient (Wildman–Crippen LogP) is 4.80. The number of aromatic carboxylic acids is 1. The van der Waals surface area contributed by atoms with Crippen LogP contribution in [0.5, 0.6) is 0 Å². The second-order valence-corrected chi connectivity index (χ2v) is 8.03. The molecular weight excluding hydrogens is 388 g/mol. The molecule has 156 valence electrons. The molecule has 6 heteroatoms.